The molecule has 0 saturated carbocycles. The standard InChI is InChI=1S/C25H22O3/c1-3-18-8-10-19(11-9-18)14-24-25(26)22-13-12-21(15-23(22)28-24)27-16-20-6-4-17(2)5-7-20/h4-15H,3,16H2,1-2H3. The smallest absolute Gasteiger partial charge is 0.231 e. The Morgan fingerprint density at radius 1 is 0.929 bits per heavy atom. The van der Waals surface area contributed by atoms with Crippen molar-refractivity contribution < 1.29 is 14.3 Å². The van der Waals surface area contributed by atoms with Gasteiger partial charge in [-0.2, -0.15) is 0 Å². The average molecular weight is 370 g/mol. The summed E-state index contributed by atoms with van der Waals surface area (Å²) < 4.78 is 11.7. The number of allylic oxidation sites excluding steroid dienone is 1. The molecule has 1 aliphatic rings. The van der Waals surface area contributed by atoms with Crippen molar-refractivity contribution in [3.05, 3.63) is 100 Å². The Labute approximate surface area is 165 Å². The van der Waals surface area contributed by atoms with Crippen LogP contribution in [0.1, 0.15) is 39.5 Å². The lowest BCUT2D eigenvalue weighted by Gasteiger charge is -2.07. The lowest BCUT2D eigenvalue weighted by Crippen LogP contribution is -1.98. The minimum absolute atomic E-state index is 0.0975. The molecule has 140 valence electrons. The average Bonchev–Trinajstić information content (AvgIpc) is 3.03. The Hall–Kier alpha value is -3.33. The number of aryl methyl sites for hydroxylation is 2. The summed E-state index contributed by atoms with van der Waals surface area (Å²) >= 11 is 0. The van der Waals surface area contributed by atoms with E-state index in [0.29, 0.717) is 29.4 Å². The van der Waals surface area contributed by atoms with Gasteiger partial charge in [-0.1, -0.05) is 61.0 Å². The molecule has 0 saturated heterocycles. The Morgan fingerprint density at radius 2 is 1.64 bits per heavy atom. The van der Waals surface area contributed by atoms with Gasteiger partial charge < -0.3 is 9.47 Å². The molecule has 28 heavy (non-hydrogen) atoms. The van der Waals surface area contributed by atoms with Crippen molar-refractivity contribution in [2.24, 2.45) is 0 Å². The Morgan fingerprint density at radius 3 is 2.36 bits per heavy atom. The quantitative estimate of drug-likeness (QED) is 0.536. The van der Waals surface area contributed by atoms with Gasteiger partial charge in [0.15, 0.2) is 5.76 Å². The van der Waals surface area contributed by atoms with E-state index >= 15 is 0 Å². The lowest BCUT2D eigenvalue weighted by molar-refractivity contribution is 0.101. The van der Waals surface area contributed by atoms with Gasteiger partial charge in [0, 0.05) is 6.07 Å². The SMILES string of the molecule is CCc1ccc(C=C2Oc3cc(OCc4ccc(C)cc4)ccc3C2=O)cc1. The van der Waals surface area contributed by atoms with E-state index in [4.69, 9.17) is 9.47 Å². The molecule has 3 nitrogen and oxygen atoms in total. The summed E-state index contributed by atoms with van der Waals surface area (Å²) in [4.78, 5) is 12.6. The van der Waals surface area contributed by atoms with E-state index in [1.165, 1.54) is 11.1 Å². The maximum absolute atomic E-state index is 12.6. The van der Waals surface area contributed by atoms with Crippen LogP contribution in [0, 0.1) is 6.92 Å². The highest BCUT2D eigenvalue weighted by Crippen LogP contribution is 2.35. The van der Waals surface area contributed by atoms with Crippen LogP contribution in [-0.4, -0.2) is 5.78 Å². The fraction of sp³-hybridized carbons (Fsp3) is 0.160. The molecule has 3 aromatic rings. The van der Waals surface area contributed by atoms with E-state index in [2.05, 4.69) is 38.1 Å². The first-order chi connectivity index (χ1) is 13.6. The molecule has 0 atom stereocenters. The highest BCUT2D eigenvalue weighted by atomic mass is 16.5. The summed E-state index contributed by atoms with van der Waals surface area (Å²) in [5.74, 6) is 1.47. The van der Waals surface area contributed by atoms with Gasteiger partial charge in [0.05, 0.1) is 5.56 Å². The lowest BCUT2D eigenvalue weighted by atomic mass is 10.1. The van der Waals surface area contributed by atoms with E-state index in [0.717, 1.165) is 17.5 Å². The number of carbonyl (C=O) groups is 1. The first-order valence-corrected chi connectivity index (χ1v) is 9.48. The normalized spacial score (nSPS) is 14.1. The number of hydrogen-bond acceptors (Lipinski definition) is 3. The zero-order chi connectivity index (χ0) is 19.5. The van der Waals surface area contributed by atoms with Gasteiger partial charge in [0.1, 0.15) is 18.1 Å². The van der Waals surface area contributed by atoms with Crippen molar-refractivity contribution in [1.82, 2.24) is 0 Å². The molecule has 0 spiro atoms. The molecule has 0 unspecified atom stereocenters. The fourth-order valence-corrected chi connectivity index (χ4v) is 3.11. The van der Waals surface area contributed by atoms with Gasteiger partial charge in [-0.15, -0.1) is 0 Å². The number of fused-ring (bicyclic) bond motifs is 1. The zero-order valence-corrected chi connectivity index (χ0v) is 16.1. The maximum Gasteiger partial charge on any atom is 0.231 e. The van der Waals surface area contributed by atoms with Crippen LogP contribution in [0.3, 0.4) is 0 Å². The third kappa shape index (κ3) is 3.84. The van der Waals surface area contributed by atoms with Gasteiger partial charge >= 0.3 is 0 Å². The zero-order valence-electron chi connectivity index (χ0n) is 16.1. The molecule has 0 aromatic heterocycles. The van der Waals surface area contributed by atoms with Crippen LogP contribution in [0.25, 0.3) is 6.08 Å². The number of benzene rings is 3. The second-order valence-electron chi connectivity index (χ2n) is 6.97. The number of hydrogen-bond donors (Lipinski definition) is 0. The van der Waals surface area contributed by atoms with Gasteiger partial charge in [-0.05, 0) is 48.2 Å². The summed E-state index contributed by atoms with van der Waals surface area (Å²) in [6, 6.07) is 21.7. The fourth-order valence-electron chi connectivity index (χ4n) is 3.11. The van der Waals surface area contributed by atoms with Crippen LogP contribution in [0.5, 0.6) is 11.5 Å². The molecule has 0 aliphatic carbocycles. The van der Waals surface area contributed by atoms with Crippen LogP contribution in [0.4, 0.5) is 0 Å². The molecule has 0 fully saturated rings. The number of rotatable bonds is 5. The molecule has 0 N–H and O–H groups in total. The topological polar surface area (TPSA) is 35.5 Å². The summed E-state index contributed by atoms with van der Waals surface area (Å²) in [6.07, 6.45) is 2.78. The summed E-state index contributed by atoms with van der Waals surface area (Å²) in [6.45, 7) is 4.65. The molecule has 4 rings (SSSR count). The van der Waals surface area contributed by atoms with Crippen LogP contribution in [-0.2, 0) is 13.0 Å². The molecule has 0 bridgehead atoms. The number of ketones is 1. The minimum Gasteiger partial charge on any atom is -0.489 e. The summed E-state index contributed by atoms with van der Waals surface area (Å²) in [7, 11) is 0. The highest BCUT2D eigenvalue weighted by Gasteiger charge is 2.27. The van der Waals surface area contributed by atoms with E-state index < -0.39 is 0 Å². The highest BCUT2D eigenvalue weighted by molar-refractivity contribution is 6.14. The van der Waals surface area contributed by atoms with Crippen LogP contribution in [0.15, 0.2) is 72.5 Å². The minimum atomic E-state index is -0.0975. The Balaban J connectivity index is 1.49. The second-order valence-corrected chi connectivity index (χ2v) is 6.97. The van der Waals surface area contributed by atoms with Gasteiger partial charge in [-0.25, -0.2) is 0 Å². The number of carbonyl (C=O) groups excluding carboxylic acids is 1. The van der Waals surface area contributed by atoms with Crippen molar-refractivity contribution in [2.75, 3.05) is 0 Å². The van der Waals surface area contributed by atoms with E-state index in [9.17, 15) is 4.79 Å². The molecule has 0 amide bonds. The van der Waals surface area contributed by atoms with Gasteiger partial charge in [0.2, 0.25) is 5.78 Å². The monoisotopic (exact) mass is 370 g/mol. The van der Waals surface area contributed by atoms with Gasteiger partial charge in [-0.3, -0.25) is 4.79 Å². The maximum atomic E-state index is 12.6. The molecule has 0 radical (unpaired) electrons. The Kier molecular flexibility index (Phi) is 4.98. The van der Waals surface area contributed by atoms with Crippen molar-refractivity contribution in [2.45, 2.75) is 26.9 Å². The second kappa shape index (κ2) is 7.73. The molecule has 3 aromatic carbocycles. The molecule has 3 heteroatoms. The van der Waals surface area contributed by atoms with Crippen LogP contribution >= 0.6 is 0 Å². The third-order valence-corrected chi connectivity index (χ3v) is 4.85. The van der Waals surface area contributed by atoms with Crippen LogP contribution < -0.4 is 9.47 Å². The van der Waals surface area contributed by atoms with E-state index in [1.807, 2.05) is 30.3 Å². The van der Waals surface area contributed by atoms with E-state index in [-0.39, 0.29) is 5.78 Å². The Bertz CT molecular complexity index is 1030. The predicted octanol–water partition coefficient (Wildman–Crippen LogP) is 5.75. The van der Waals surface area contributed by atoms with Gasteiger partial charge in [0.25, 0.3) is 0 Å². The van der Waals surface area contributed by atoms with Crippen molar-refractivity contribution in [3.63, 3.8) is 0 Å². The summed E-state index contributed by atoms with van der Waals surface area (Å²) in [5, 5.41) is 0. The number of ether oxygens (including phenoxy) is 2. The predicted molar refractivity (Wildman–Crippen MR) is 111 cm³/mol. The molecular formula is C25H22O3. The van der Waals surface area contributed by atoms with Crippen molar-refractivity contribution in [1.29, 1.82) is 0 Å². The number of Topliss-reactive ketones (excluding diaryl/α,β-unsaturated/α-hetero) is 1. The molecule has 1 heterocycles. The first-order valence-electron chi connectivity index (χ1n) is 9.48. The largest absolute Gasteiger partial charge is 0.489 e. The third-order valence-electron chi connectivity index (χ3n) is 4.85. The summed E-state index contributed by atoms with van der Waals surface area (Å²) in [5.41, 5.74) is 5.10. The van der Waals surface area contributed by atoms with E-state index in [1.54, 1.807) is 18.2 Å². The first kappa shape index (κ1) is 18.1. The van der Waals surface area contributed by atoms with Crippen LogP contribution in [0.2, 0.25) is 0 Å². The molecular weight excluding hydrogens is 348 g/mol. The van der Waals surface area contributed by atoms with Crippen molar-refractivity contribution in [3.8, 4) is 11.5 Å². The van der Waals surface area contributed by atoms with Crippen molar-refractivity contribution >= 4 is 11.9 Å². The molecule has 1 aliphatic heterocycles.